The number of piperidine rings is 2. The first-order valence-electron chi connectivity index (χ1n) is 25.7. The van der Waals surface area contributed by atoms with Crippen molar-refractivity contribution in [1.29, 1.82) is 0 Å². The van der Waals surface area contributed by atoms with E-state index >= 15 is 0 Å². The van der Waals surface area contributed by atoms with Crippen LogP contribution in [0.2, 0.25) is 0 Å². The standard InChI is InChI=1S/C55H60F2N7O12PS/c1-54(2,3)47(60-49(69)43-29-36-28-37(18-21-42(36)78-43)55(56,57)77(74,75)76)53(73)63-26-25-61(32-41(63)52(72)62-24-12-16-35(31-62)34-14-9-7-10-15-34)46(67)30-45(66)58-23-11-6-4-5-8-13-33-17-19-38-39(27-33)51(71)64(50(38)70)40-20-22-44(65)59-48(40)68/h7,9-10,14-15,17-19,21,27-29,35,40-41,47H,4-6,11-12,16,20,22-26,30-32H2,1-3H3,(H,58,66)(H,60,69)(H,59,65,68)(H2,74,75,76)/t35-,40?,41-,47?/m0/s1. The number of nitrogens with one attached hydrogen (secondary N) is 3. The lowest BCUT2D eigenvalue weighted by Crippen LogP contribution is -2.66. The molecule has 0 radical (unpaired) electrons. The molecule has 23 heteroatoms. The molecule has 0 aliphatic carbocycles. The molecule has 8 rings (SSSR count). The molecule has 0 bridgehead atoms. The van der Waals surface area contributed by atoms with Crippen LogP contribution in [0.15, 0.2) is 72.8 Å². The number of imide groups is 2. The number of nitrogens with zero attached hydrogens (tertiary/aromatic N) is 4. The summed E-state index contributed by atoms with van der Waals surface area (Å²) in [6, 6.07) is 15.2. The van der Waals surface area contributed by atoms with Crippen molar-refractivity contribution in [2.75, 3.05) is 39.3 Å². The molecule has 4 aromatic rings. The summed E-state index contributed by atoms with van der Waals surface area (Å²) < 4.78 is 41.1. The van der Waals surface area contributed by atoms with E-state index in [0.29, 0.717) is 55.5 Å². The highest BCUT2D eigenvalue weighted by atomic mass is 32.1. The fourth-order valence-electron chi connectivity index (χ4n) is 10.2. The van der Waals surface area contributed by atoms with Crippen molar-refractivity contribution in [3.8, 4) is 11.8 Å². The molecule has 5 N–H and O–H groups in total. The number of amides is 9. The number of piperazine rings is 1. The zero-order chi connectivity index (χ0) is 56.3. The molecule has 0 spiro atoms. The Bertz CT molecular complexity index is 3180. The molecule has 5 heterocycles. The summed E-state index contributed by atoms with van der Waals surface area (Å²) >= 11 is 0.930. The number of benzene rings is 3. The predicted octanol–water partition coefficient (Wildman–Crippen LogP) is 5.24. The van der Waals surface area contributed by atoms with Gasteiger partial charge in [-0.25, -0.2) is 0 Å². The van der Waals surface area contributed by atoms with Crippen molar-refractivity contribution in [3.63, 3.8) is 0 Å². The fourth-order valence-corrected chi connectivity index (χ4v) is 11.6. The third kappa shape index (κ3) is 12.5. The molecule has 4 atom stereocenters. The van der Waals surface area contributed by atoms with Gasteiger partial charge in [0.1, 0.15) is 24.5 Å². The number of fused-ring (bicyclic) bond motifs is 2. The van der Waals surface area contributed by atoms with Gasteiger partial charge in [-0.15, -0.1) is 11.3 Å². The Morgan fingerprint density at radius 3 is 2.32 bits per heavy atom. The first kappa shape index (κ1) is 57.0. The van der Waals surface area contributed by atoms with Crippen molar-refractivity contribution >= 4 is 82.2 Å². The quantitative estimate of drug-likeness (QED) is 0.0337. The molecule has 19 nitrogen and oxygen atoms in total. The first-order valence-corrected chi connectivity index (χ1v) is 28.2. The van der Waals surface area contributed by atoms with Gasteiger partial charge in [0.15, 0.2) is 0 Å². The van der Waals surface area contributed by atoms with E-state index in [0.717, 1.165) is 40.4 Å². The Balaban J connectivity index is 0.870. The third-order valence-electron chi connectivity index (χ3n) is 14.4. The Labute approximate surface area is 452 Å². The second-order valence-corrected chi connectivity index (χ2v) is 23.7. The highest BCUT2D eigenvalue weighted by molar-refractivity contribution is 7.52. The zero-order valence-corrected chi connectivity index (χ0v) is 44.9. The van der Waals surface area contributed by atoms with Gasteiger partial charge in [-0.3, -0.25) is 57.9 Å². The molecule has 3 fully saturated rings. The van der Waals surface area contributed by atoms with Crippen LogP contribution in [-0.2, 0) is 39.0 Å². The van der Waals surface area contributed by atoms with E-state index in [1.807, 2.05) is 30.3 Å². The van der Waals surface area contributed by atoms with Crippen molar-refractivity contribution in [3.05, 3.63) is 105 Å². The SMILES string of the molecule is CC(C)(C)C(NC(=O)c1cc2cc(C(F)(F)P(=O)(O)O)ccc2s1)C(=O)N1CCN(C(=O)CC(=O)NCCCCCC#Cc2ccc3c(c2)C(=O)N(C2CCC(=O)NC2=O)C3=O)C[C@H]1C(=O)N1CCC[C@H](c2ccccc2)C1. The second kappa shape index (κ2) is 23.4. The molecular formula is C55H60F2N7O12PS. The lowest BCUT2D eigenvalue weighted by molar-refractivity contribution is -0.155. The van der Waals surface area contributed by atoms with Gasteiger partial charge >= 0.3 is 13.3 Å². The van der Waals surface area contributed by atoms with Gasteiger partial charge in [-0.05, 0) is 84.9 Å². The average molecular weight is 1110 g/mol. The lowest BCUT2D eigenvalue weighted by Gasteiger charge is -2.45. The van der Waals surface area contributed by atoms with Crippen molar-refractivity contribution in [2.45, 2.75) is 108 Å². The lowest BCUT2D eigenvalue weighted by atomic mass is 9.85. The Morgan fingerprint density at radius 2 is 1.60 bits per heavy atom. The van der Waals surface area contributed by atoms with Gasteiger partial charge in [-0.1, -0.05) is 75.4 Å². The molecule has 9 amide bonds. The minimum Gasteiger partial charge on any atom is -0.356 e. The van der Waals surface area contributed by atoms with Gasteiger partial charge in [0.2, 0.25) is 35.4 Å². The van der Waals surface area contributed by atoms with Gasteiger partial charge in [0.05, 0.1) is 22.5 Å². The van der Waals surface area contributed by atoms with Crippen LogP contribution in [0.4, 0.5) is 8.78 Å². The first-order chi connectivity index (χ1) is 36.9. The van der Waals surface area contributed by atoms with E-state index in [9.17, 15) is 66.3 Å². The van der Waals surface area contributed by atoms with E-state index in [2.05, 4.69) is 27.8 Å². The van der Waals surface area contributed by atoms with Crippen LogP contribution in [0, 0.1) is 17.3 Å². The Morgan fingerprint density at radius 1 is 0.859 bits per heavy atom. The van der Waals surface area contributed by atoms with Crippen LogP contribution in [-0.4, -0.2) is 140 Å². The summed E-state index contributed by atoms with van der Waals surface area (Å²) in [4.78, 5) is 145. The topological polar surface area (TPSA) is 260 Å². The molecule has 4 aliphatic rings. The number of hydrogen-bond donors (Lipinski definition) is 5. The summed E-state index contributed by atoms with van der Waals surface area (Å²) in [5, 5.41) is 7.88. The minimum atomic E-state index is -5.86. The van der Waals surface area contributed by atoms with Crippen LogP contribution in [0.1, 0.15) is 132 Å². The maximum Gasteiger partial charge on any atom is 0.399 e. The number of rotatable bonds is 15. The van der Waals surface area contributed by atoms with Crippen LogP contribution in [0.25, 0.3) is 10.1 Å². The van der Waals surface area contributed by atoms with Gasteiger partial charge in [-0.2, -0.15) is 8.78 Å². The smallest absolute Gasteiger partial charge is 0.356 e. The number of carbonyl (C=O) groups excluding carboxylic acids is 9. The number of thiophene rings is 1. The normalized spacial score (nSPS) is 19.4. The number of hydrogen-bond acceptors (Lipinski definition) is 11. The van der Waals surface area contributed by atoms with E-state index in [-0.39, 0.29) is 72.2 Å². The van der Waals surface area contributed by atoms with Crippen LogP contribution >= 0.6 is 18.9 Å². The largest absolute Gasteiger partial charge is 0.399 e. The van der Waals surface area contributed by atoms with E-state index in [4.69, 9.17) is 0 Å². The van der Waals surface area contributed by atoms with E-state index < -0.39 is 96.0 Å². The Hall–Kier alpha value is -7.18. The van der Waals surface area contributed by atoms with Crippen LogP contribution < -0.4 is 16.0 Å². The average Bonchev–Trinajstić information content (AvgIpc) is 3.97. The highest BCUT2D eigenvalue weighted by Gasteiger charge is 2.51. The zero-order valence-electron chi connectivity index (χ0n) is 43.2. The number of unbranched alkanes of at least 4 members (excludes halogenated alkanes) is 3. The number of alkyl halides is 2. The van der Waals surface area contributed by atoms with Crippen LogP contribution in [0.3, 0.4) is 0 Å². The fraction of sp³-hybridized carbons (Fsp3) is 0.436. The van der Waals surface area contributed by atoms with E-state index in [1.165, 1.54) is 34.1 Å². The van der Waals surface area contributed by atoms with E-state index in [1.54, 1.807) is 31.7 Å². The molecule has 1 aromatic heterocycles. The van der Waals surface area contributed by atoms with Gasteiger partial charge in [0.25, 0.3) is 17.7 Å². The molecule has 3 aromatic carbocycles. The monoisotopic (exact) mass is 1110 g/mol. The van der Waals surface area contributed by atoms with Crippen molar-refractivity contribution < 1.29 is 66.3 Å². The summed E-state index contributed by atoms with van der Waals surface area (Å²) in [5.41, 5.74) is -4.48. The van der Waals surface area contributed by atoms with Gasteiger partial charge < -0.3 is 35.1 Å². The maximum atomic E-state index is 14.9. The van der Waals surface area contributed by atoms with Crippen molar-refractivity contribution in [2.24, 2.45) is 5.41 Å². The summed E-state index contributed by atoms with van der Waals surface area (Å²) in [7, 11) is -5.86. The molecular weight excluding hydrogens is 1050 g/mol. The van der Waals surface area contributed by atoms with Crippen LogP contribution in [0.5, 0.6) is 0 Å². The number of halogens is 2. The molecule has 412 valence electrons. The predicted molar refractivity (Wildman–Crippen MR) is 282 cm³/mol. The number of likely N-dealkylation sites (tertiary alicyclic amines) is 1. The van der Waals surface area contributed by atoms with Crippen molar-refractivity contribution in [1.82, 2.24) is 35.6 Å². The van der Waals surface area contributed by atoms with Gasteiger partial charge in [0, 0.05) is 67.3 Å². The molecule has 78 heavy (non-hydrogen) atoms. The second-order valence-electron chi connectivity index (χ2n) is 21.0. The summed E-state index contributed by atoms with van der Waals surface area (Å²) in [5.74, 6) is 0.934. The maximum absolute atomic E-state index is 14.9. The Kier molecular flexibility index (Phi) is 17.1. The molecule has 3 saturated heterocycles. The highest BCUT2D eigenvalue weighted by Crippen LogP contribution is 2.59. The summed E-state index contributed by atoms with van der Waals surface area (Å²) in [6.07, 6.45) is 3.52. The minimum absolute atomic E-state index is 0.0152. The summed E-state index contributed by atoms with van der Waals surface area (Å²) in [6.45, 7) is 5.91. The molecule has 0 saturated carbocycles. The third-order valence-corrected chi connectivity index (χ3v) is 16.5. The molecule has 2 unspecified atom stereocenters. The molecule has 4 aliphatic heterocycles. The number of carbonyl (C=O) groups is 9.